The molecule has 14 heteroatoms. The summed E-state index contributed by atoms with van der Waals surface area (Å²) in [5.41, 5.74) is 3.87. The molecule has 0 aliphatic heterocycles. The van der Waals surface area contributed by atoms with Gasteiger partial charge in [0.05, 0.1) is 35.7 Å². The van der Waals surface area contributed by atoms with Gasteiger partial charge in [0.1, 0.15) is 12.1 Å². The summed E-state index contributed by atoms with van der Waals surface area (Å²) in [5, 5.41) is 33.7. The molecule has 0 atom stereocenters. The number of nitriles is 2. The number of esters is 2. The van der Waals surface area contributed by atoms with Crippen LogP contribution in [-0.2, 0) is 9.47 Å². The van der Waals surface area contributed by atoms with Crippen molar-refractivity contribution in [3.05, 3.63) is 69.6 Å². The van der Waals surface area contributed by atoms with E-state index in [1.54, 1.807) is 46.8 Å². The van der Waals surface area contributed by atoms with E-state index in [-0.39, 0.29) is 24.6 Å². The number of ether oxygens (including phenoxy) is 2. The topological polar surface area (TPSA) is 187 Å². The average molecular weight is 543 g/mol. The van der Waals surface area contributed by atoms with E-state index in [0.29, 0.717) is 34.2 Å². The van der Waals surface area contributed by atoms with Crippen LogP contribution in [0.25, 0.3) is 11.6 Å². The lowest BCUT2D eigenvalue weighted by atomic mass is 10.2. The van der Waals surface area contributed by atoms with Crippen molar-refractivity contribution >= 4 is 11.9 Å². The highest BCUT2D eigenvalue weighted by atomic mass is 16.5. The minimum absolute atomic E-state index is 0.163. The van der Waals surface area contributed by atoms with Crippen LogP contribution in [0.2, 0.25) is 0 Å². The molecule has 0 aliphatic rings. The van der Waals surface area contributed by atoms with E-state index in [0.717, 1.165) is 11.1 Å². The van der Waals surface area contributed by atoms with Crippen LogP contribution < -0.4 is 0 Å². The Morgan fingerprint density at radius 3 is 1.88 bits per heavy atom. The van der Waals surface area contributed by atoms with Crippen molar-refractivity contribution < 1.29 is 19.1 Å². The maximum absolute atomic E-state index is 11.7. The molecule has 0 saturated heterocycles. The van der Waals surface area contributed by atoms with E-state index in [1.165, 1.54) is 21.9 Å². The molecular weight excluding hydrogens is 516 g/mol. The Morgan fingerprint density at radius 2 is 1.35 bits per heavy atom. The van der Waals surface area contributed by atoms with Gasteiger partial charge in [0.15, 0.2) is 23.0 Å². The minimum Gasteiger partial charge on any atom is -0.461 e. The fourth-order valence-corrected chi connectivity index (χ4v) is 3.35. The van der Waals surface area contributed by atoms with Crippen LogP contribution in [0, 0.1) is 50.4 Å². The molecule has 0 radical (unpaired) electrons. The first-order valence-corrected chi connectivity index (χ1v) is 12.1. The third kappa shape index (κ3) is 6.31. The Bertz CT molecular complexity index is 1630. The molecule has 0 aromatic carbocycles. The summed E-state index contributed by atoms with van der Waals surface area (Å²) in [7, 11) is 0. The SMILES string of the molecule is CCOC(=O)c1nn(-c2cc(C)c(C#N)cn2)nc1C.CCOC(=O)c1nnn(-c2cc(C)c(C#N)cn2)c1C. The second-order valence-electron chi connectivity index (χ2n) is 8.24. The predicted octanol–water partition coefficient (Wildman–Crippen LogP) is 2.66. The highest BCUT2D eigenvalue weighted by Gasteiger charge is 2.20. The summed E-state index contributed by atoms with van der Waals surface area (Å²) in [6.45, 7) is 11.0. The van der Waals surface area contributed by atoms with Gasteiger partial charge in [0, 0.05) is 12.4 Å². The number of hydrogen-bond acceptors (Lipinski definition) is 12. The normalized spacial score (nSPS) is 10.1. The molecule has 204 valence electrons. The zero-order chi connectivity index (χ0) is 29.4. The lowest BCUT2D eigenvalue weighted by Crippen LogP contribution is -2.08. The number of aryl methyl sites for hydroxylation is 3. The van der Waals surface area contributed by atoms with Gasteiger partial charge in [-0.1, -0.05) is 5.21 Å². The van der Waals surface area contributed by atoms with Crippen LogP contribution in [0.5, 0.6) is 0 Å². The second kappa shape index (κ2) is 12.8. The predicted molar refractivity (Wildman–Crippen MR) is 139 cm³/mol. The van der Waals surface area contributed by atoms with Gasteiger partial charge in [0.2, 0.25) is 0 Å². The lowest BCUT2D eigenvalue weighted by Gasteiger charge is -2.04. The van der Waals surface area contributed by atoms with Crippen LogP contribution in [0.4, 0.5) is 0 Å². The molecule has 4 rings (SSSR count). The highest BCUT2D eigenvalue weighted by molar-refractivity contribution is 5.88. The van der Waals surface area contributed by atoms with Gasteiger partial charge in [-0.3, -0.25) is 0 Å². The molecular formula is C26H26N10O4. The van der Waals surface area contributed by atoms with Gasteiger partial charge in [0.25, 0.3) is 0 Å². The minimum atomic E-state index is -0.512. The van der Waals surface area contributed by atoms with E-state index in [1.807, 2.05) is 19.1 Å². The van der Waals surface area contributed by atoms with E-state index >= 15 is 0 Å². The van der Waals surface area contributed by atoms with Gasteiger partial charge in [-0.2, -0.15) is 20.3 Å². The number of carbonyl (C=O) groups is 2. The van der Waals surface area contributed by atoms with E-state index < -0.39 is 11.9 Å². The maximum Gasteiger partial charge on any atom is 0.360 e. The standard InChI is InChI=1S/2C13H13N5O2/c1-4-20-13(19)12-9(3)18(17-16-12)11-5-8(2)10(6-14)7-15-11;1-4-20-13(19)12-9(3)16-18(17-12)11-5-8(2)10(6-14)7-15-11/h2*5,7H,4H2,1-3H3. The molecule has 0 bridgehead atoms. The average Bonchev–Trinajstić information content (AvgIpc) is 3.52. The van der Waals surface area contributed by atoms with Crippen LogP contribution >= 0.6 is 0 Å². The molecule has 0 N–H and O–H groups in total. The van der Waals surface area contributed by atoms with Crippen LogP contribution in [0.3, 0.4) is 0 Å². The highest BCUT2D eigenvalue weighted by Crippen LogP contribution is 2.15. The number of hydrogen-bond donors (Lipinski definition) is 0. The van der Waals surface area contributed by atoms with Gasteiger partial charge in [-0.05, 0) is 64.8 Å². The Balaban J connectivity index is 0.000000220. The summed E-state index contributed by atoms with van der Waals surface area (Å²) < 4.78 is 11.2. The van der Waals surface area contributed by atoms with Gasteiger partial charge in [-0.15, -0.1) is 15.0 Å². The zero-order valence-corrected chi connectivity index (χ0v) is 22.8. The first-order valence-electron chi connectivity index (χ1n) is 12.1. The molecule has 4 aromatic heterocycles. The van der Waals surface area contributed by atoms with Crippen molar-refractivity contribution in [2.45, 2.75) is 41.5 Å². The largest absolute Gasteiger partial charge is 0.461 e. The lowest BCUT2D eigenvalue weighted by molar-refractivity contribution is 0.0508. The molecule has 4 aromatic rings. The number of carbonyl (C=O) groups excluding carboxylic acids is 2. The molecule has 0 unspecified atom stereocenters. The Hall–Kier alpha value is -5.50. The van der Waals surface area contributed by atoms with Crippen molar-refractivity contribution in [2.75, 3.05) is 13.2 Å². The summed E-state index contributed by atoms with van der Waals surface area (Å²) in [5.74, 6) is -0.0783. The second-order valence-corrected chi connectivity index (χ2v) is 8.24. The fourth-order valence-electron chi connectivity index (χ4n) is 3.35. The quantitative estimate of drug-likeness (QED) is 0.324. The molecule has 0 aliphatic carbocycles. The van der Waals surface area contributed by atoms with E-state index in [4.69, 9.17) is 20.0 Å². The molecule has 0 spiro atoms. The van der Waals surface area contributed by atoms with Crippen molar-refractivity contribution in [3.8, 4) is 23.8 Å². The van der Waals surface area contributed by atoms with Crippen LogP contribution in [0.15, 0.2) is 24.5 Å². The molecule has 0 saturated carbocycles. The smallest absolute Gasteiger partial charge is 0.360 e. The van der Waals surface area contributed by atoms with Crippen molar-refractivity contribution in [1.29, 1.82) is 10.5 Å². The monoisotopic (exact) mass is 542 g/mol. The molecule has 0 fully saturated rings. The first-order chi connectivity index (χ1) is 19.1. The summed E-state index contributed by atoms with van der Waals surface area (Å²) in [6.07, 6.45) is 2.92. The number of aromatic nitrogens is 8. The third-order valence-electron chi connectivity index (χ3n) is 5.47. The number of rotatable bonds is 6. The van der Waals surface area contributed by atoms with Crippen molar-refractivity contribution in [3.63, 3.8) is 0 Å². The number of nitrogens with zero attached hydrogens (tertiary/aromatic N) is 10. The van der Waals surface area contributed by atoms with Crippen LogP contribution in [0.1, 0.15) is 68.5 Å². The fraction of sp³-hybridized carbons (Fsp3) is 0.308. The van der Waals surface area contributed by atoms with Gasteiger partial charge < -0.3 is 9.47 Å². The zero-order valence-electron chi connectivity index (χ0n) is 22.8. The van der Waals surface area contributed by atoms with E-state index in [9.17, 15) is 9.59 Å². The van der Waals surface area contributed by atoms with E-state index in [2.05, 4.69) is 30.5 Å². The summed E-state index contributed by atoms with van der Waals surface area (Å²) in [4.78, 5) is 32.9. The Morgan fingerprint density at radius 1 is 0.825 bits per heavy atom. The number of pyridine rings is 2. The molecule has 4 heterocycles. The van der Waals surface area contributed by atoms with Crippen LogP contribution in [-0.4, -0.2) is 65.1 Å². The maximum atomic E-state index is 11.7. The Kier molecular flexibility index (Phi) is 9.33. The molecule has 40 heavy (non-hydrogen) atoms. The van der Waals surface area contributed by atoms with Crippen molar-refractivity contribution in [2.24, 2.45) is 0 Å². The van der Waals surface area contributed by atoms with Gasteiger partial charge in [-0.25, -0.2) is 19.6 Å². The summed E-state index contributed by atoms with van der Waals surface area (Å²) >= 11 is 0. The summed E-state index contributed by atoms with van der Waals surface area (Å²) in [6, 6.07) is 7.49. The third-order valence-corrected chi connectivity index (χ3v) is 5.47. The van der Waals surface area contributed by atoms with Crippen molar-refractivity contribution in [1.82, 2.24) is 40.0 Å². The Labute approximate surface area is 229 Å². The first kappa shape index (κ1) is 29.1. The molecule has 14 nitrogen and oxygen atoms in total. The molecule has 0 amide bonds. The van der Waals surface area contributed by atoms with Gasteiger partial charge >= 0.3 is 11.9 Å².